The molecule has 0 aliphatic heterocycles. The number of hydrogen-bond acceptors (Lipinski definition) is 5. The number of unbranched alkanes of at least 4 members (excludes halogenated alkanes) is 1. The van der Waals surface area contributed by atoms with E-state index in [0.717, 1.165) is 17.3 Å². The van der Waals surface area contributed by atoms with Crippen molar-refractivity contribution in [1.82, 2.24) is 5.43 Å². The van der Waals surface area contributed by atoms with E-state index in [4.69, 9.17) is 21.1 Å². The van der Waals surface area contributed by atoms with E-state index in [1.165, 1.54) is 6.21 Å². The second-order valence-corrected chi connectivity index (χ2v) is 8.30. The molecule has 8 heteroatoms. The number of ether oxygens (including phenoxy) is 2. The minimum absolute atomic E-state index is 0.250. The van der Waals surface area contributed by atoms with Crippen molar-refractivity contribution in [2.75, 3.05) is 6.61 Å². The molecule has 0 radical (unpaired) electrons. The van der Waals surface area contributed by atoms with Gasteiger partial charge < -0.3 is 9.47 Å². The Bertz CT molecular complexity index is 1150. The van der Waals surface area contributed by atoms with Gasteiger partial charge in [-0.3, -0.25) is 4.79 Å². The van der Waals surface area contributed by atoms with Gasteiger partial charge in [-0.05, 0) is 61.0 Å². The van der Waals surface area contributed by atoms with Crippen LogP contribution in [0.15, 0.2) is 76.3 Å². The van der Waals surface area contributed by atoms with Crippen LogP contribution in [0.2, 0.25) is 5.02 Å². The quantitative estimate of drug-likeness (QED) is 0.117. The number of nitrogens with one attached hydrogen (secondary N) is 1. The zero-order valence-electron chi connectivity index (χ0n) is 17.9. The molecule has 0 bridgehead atoms. The lowest BCUT2D eigenvalue weighted by atomic mass is 10.2. The third-order valence-corrected chi connectivity index (χ3v) is 5.34. The van der Waals surface area contributed by atoms with E-state index < -0.39 is 5.97 Å². The average molecular weight is 530 g/mol. The number of carbonyl (C=O) groups excluding carboxylic acids is 2. The fourth-order valence-corrected chi connectivity index (χ4v) is 3.35. The Morgan fingerprint density at radius 2 is 1.85 bits per heavy atom. The second-order valence-electron chi connectivity index (χ2n) is 6.98. The van der Waals surface area contributed by atoms with Crippen molar-refractivity contribution in [3.05, 3.63) is 92.9 Å². The van der Waals surface area contributed by atoms with Crippen LogP contribution in [0.4, 0.5) is 0 Å². The van der Waals surface area contributed by atoms with Gasteiger partial charge in [0.15, 0.2) is 0 Å². The topological polar surface area (TPSA) is 77.0 Å². The molecule has 0 fully saturated rings. The van der Waals surface area contributed by atoms with Gasteiger partial charge in [0.25, 0.3) is 5.91 Å². The molecule has 1 amide bonds. The Kier molecular flexibility index (Phi) is 9.04. The van der Waals surface area contributed by atoms with E-state index >= 15 is 0 Å². The van der Waals surface area contributed by atoms with E-state index in [-0.39, 0.29) is 17.2 Å². The molecule has 0 spiro atoms. The maximum atomic E-state index is 12.5. The summed E-state index contributed by atoms with van der Waals surface area (Å²) < 4.78 is 11.9. The first-order valence-corrected chi connectivity index (χ1v) is 11.5. The molecular formula is C25H22BrClN2O4. The summed E-state index contributed by atoms with van der Waals surface area (Å²) in [4.78, 5) is 24.9. The predicted molar refractivity (Wildman–Crippen MR) is 132 cm³/mol. The maximum Gasteiger partial charge on any atom is 0.345 e. The first-order valence-electron chi connectivity index (χ1n) is 10.3. The normalized spacial score (nSPS) is 10.8. The summed E-state index contributed by atoms with van der Waals surface area (Å²) in [5.74, 6) is 0.0103. The van der Waals surface area contributed by atoms with Crippen molar-refractivity contribution >= 4 is 45.6 Å². The molecule has 0 saturated carbocycles. The van der Waals surface area contributed by atoms with Crippen LogP contribution in [0.3, 0.4) is 0 Å². The monoisotopic (exact) mass is 528 g/mol. The SMILES string of the molecule is CCCCOc1ccc(C(=O)N/N=C\c2cc(Br)ccc2OC(=O)c2ccccc2Cl)cc1. The largest absolute Gasteiger partial charge is 0.494 e. The number of halogens is 2. The Hall–Kier alpha value is -3.16. The highest BCUT2D eigenvalue weighted by molar-refractivity contribution is 9.10. The minimum atomic E-state index is -0.595. The van der Waals surface area contributed by atoms with Gasteiger partial charge >= 0.3 is 5.97 Å². The fourth-order valence-electron chi connectivity index (χ4n) is 2.76. The third kappa shape index (κ3) is 7.17. The fraction of sp³-hybridized carbons (Fsp3) is 0.160. The van der Waals surface area contributed by atoms with Crippen LogP contribution in [0, 0.1) is 0 Å². The molecule has 0 atom stereocenters. The van der Waals surface area contributed by atoms with Crippen molar-refractivity contribution in [3.63, 3.8) is 0 Å². The van der Waals surface area contributed by atoms with Crippen molar-refractivity contribution < 1.29 is 19.1 Å². The van der Waals surface area contributed by atoms with Crippen molar-refractivity contribution in [1.29, 1.82) is 0 Å². The molecule has 3 rings (SSSR count). The molecule has 170 valence electrons. The van der Waals surface area contributed by atoms with E-state index in [0.29, 0.717) is 28.5 Å². The highest BCUT2D eigenvalue weighted by atomic mass is 79.9. The molecule has 33 heavy (non-hydrogen) atoms. The smallest absolute Gasteiger partial charge is 0.345 e. The number of hydrogen-bond donors (Lipinski definition) is 1. The predicted octanol–water partition coefficient (Wildman–Crippen LogP) is 6.26. The standard InChI is InChI=1S/C25H22BrClN2O4/c1-2-3-14-32-20-11-8-17(9-12-20)24(30)29-28-16-18-15-19(26)10-13-23(18)33-25(31)21-6-4-5-7-22(21)27/h4-13,15-16H,2-3,14H2,1H3,(H,29,30)/b28-16-. The summed E-state index contributed by atoms with van der Waals surface area (Å²) in [6.07, 6.45) is 3.43. The van der Waals surface area contributed by atoms with Crippen LogP contribution in [-0.2, 0) is 0 Å². The Morgan fingerprint density at radius 3 is 2.58 bits per heavy atom. The van der Waals surface area contributed by atoms with Gasteiger partial charge in [-0.2, -0.15) is 5.10 Å². The molecule has 6 nitrogen and oxygen atoms in total. The number of esters is 1. The Labute approximate surface area is 205 Å². The van der Waals surface area contributed by atoms with Crippen LogP contribution in [0.25, 0.3) is 0 Å². The van der Waals surface area contributed by atoms with Gasteiger partial charge in [0.1, 0.15) is 11.5 Å². The summed E-state index contributed by atoms with van der Waals surface area (Å²) in [6, 6.07) is 18.5. The van der Waals surface area contributed by atoms with Crippen molar-refractivity contribution in [3.8, 4) is 11.5 Å². The lowest BCUT2D eigenvalue weighted by Gasteiger charge is -2.09. The molecule has 0 saturated heterocycles. The average Bonchev–Trinajstić information content (AvgIpc) is 2.81. The molecule has 3 aromatic rings. The van der Waals surface area contributed by atoms with Gasteiger partial charge in [-0.25, -0.2) is 10.2 Å². The minimum Gasteiger partial charge on any atom is -0.494 e. The number of hydrazone groups is 1. The summed E-state index contributed by atoms with van der Waals surface area (Å²) in [7, 11) is 0. The third-order valence-electron chi connectivity index (χ3n) is 4.52. The Balaban J connectivity index is 1.66. The van der Waals surface area contributed by atoms with Crippen molar-refractivity contribution in [2.24, 2.45) is 5.10 Å². The van der Waals surface area contributed by atoms with Gasteiger partial charge in [0, 0.05) is 15.6 Å². The zero-order valence-corrected chi connectivity index (χ0v) is 20.2. The van der Waals surface area contributed by atoms with Crippen LogP contribution >= 0.6 is 27.5 Å². The van der Waals surface area contributed by atoms with E-state index in [2.05, 4.69) is 33.4 Å². The molecule has 0 aliphatic carbocycles. The summed E-state index contributed by atoms with van der Waals surface area (Å²) >= 11 is 9.46. The number of rotatable bonds is 9. The molecule has 0 aliphatic rings. The number of benzene rings is 3. The van der Waals surface area contributed by atoms with E-state index in [9.17, 15) is 9.59 Å². The van der Waals surface area contributed by atoms with Crippen LogP contribution in [-0.4, -0.2) is 24.7 Å². The molecule has 0 aromatic heterocycles. The first-order chi connectivity index (χ1) is 16.0. The number of amides is 1. The lowest BCUT2D eigenvalue weighted by molar-refractivity contribution is 0.0734. The summed E-state index contributed by atoms with van der Waals surface area (Å²) in [5.41, 5.74) is 3.65. The Morgan fingerprint density at radius 1 is 1.09 bits per heavy atom. The van der Waals surface area contributed by atoms with Gasteiger partial charge in [-0.1, -0.05) is 53.0 Å². The van der Waals surface area contributed by atoms with Crippen LogP contribution in [0.5, 0.6) is 11.5 Å². The number of carbonyl (C=O) groups is 2. The summed E-state index contributed by atoms with van der Waals surface area (Å²) in [5, 5.41) is 4.30. The molecule has 0 heterocycles. The molecule has 1 N–H and O–H groups in total. The molecular weight excluding hydrogens is 508 g/mol. The highest BCUT2D eigenvalue weighted by Crippen LogP contribution is 2.24. The van der Waals surface area contributed by atoms with Gasteiger partial charge in [0.2, 0.25) is 0 Å². The van der Waals surface area contributed by atoms with Crippen molar-refractivity contribution in [2.45, 2.75) is 19.8 Å². The molecule has 3 aromatic carbocycles. The van der Waals surface area contributed by atoms with Gasteiger partial charge in [-0.15, -0.1) is 0 Å². The first kappa shape index (κ1) is 24.5. The summed E-state index contributed by atoms with van der Waals surface area (Å²) in [6.45, 7) is 2.74. The molecule has 0 unspecified atom stereocenters. The highest BCUT2D eigenvalue weighted by Gasteiger charge is 2.14. The van der Waals surface area contributed by atoms with Crippen LogP contribution < -0.4 is 14.9 Å². The number of nitrogens with zero attached hydrogens (tertiary/aromatic N) is 1. The van der Waals surface area contributed by atoms with Crippen LogP contribution in [0.1, 0.15) is 46.0 Å². The maximum absolute atomic E-state index is 12.5. The zero-order chi connectivity index (χ0) is 23.6. The second kappa shape index (κ2) is 12.2. The van der Waals surface area contributed by atoms with Gasteiger partial charge in [0.05, 0.1) is 23.4 Å². The lowest BCUT2D eigenvalue weighted by Crippen LogP contribution is -2.17. The van der Waals surface area contributed by atoms with E-state index in [1.807, 2.05) is 0 Å². The van der Waals surface area contributed by atoms with E-state index in [1.54, 1.807) is 66.7 Å².